The van der Waals surface area contributed by atoms with Crippen molar-refractivity contribution in [3.05, 3.63) is 58.4 Å². The number of ether oxygens (including phenoxy) is 1. The maximum atomic E-state index is 14.4. The number of allylic oxidation sites excluding steroid dienone is 1. The summed E-state index contributed by atoms with van der Waals surface area (Å²) in [7, 11) is -3.88. The van der Waals surface area contributed by atoms with Gasteiger partial charge in [-0.3, -0.25) is 24.0 Å². The van der Waals surface area contributed by atoms with Crippen LogP contribution in [0.2, 0.25) is 0 Å². The monoisotopic (exact) mass is 728 g/mol. The summed E-state index contributed by atoms with van der Waals surface area (Å²) in [4.78, 5) is 62.7. The van der Waals surface area contributed by atoms with Gasteiger partial charge in [0.05, 0.1) is 24.0 Å². The number of hydrogen-bond donors (Lipinski definition) is 3. The molecule has 13 nitrogen and oxygen atoms in total. The zero-order valence-corrected chi connectivity index (χ0v) is 29.4. The van der Waals surface area contributed by atoms with Crippen LogP contribution >= 0.6 is 11.3 Å². The molecular weight excluding hydrogens is 688 g/mol. The van der Waals surface area contributed by atoms with Crippen molar-refractivity contribution in [2.45, 2.75) is 107 Å². The van der Waals surface area contributed by atoms with Crippen molar-refractivity contribution < 1.29 is 36.7 Å². The third-order valence-electron chi connectivity index (χ3n) is 10.2. The molecule has 16 heteroatoms. The van der Waals surface area contributed by atoms with E-state index in [2.05, 4.69) is 20.3 Å². The van der Waals surface area contributed by atoms with E-state index in [1.807, 2.05) is 24.5 Å². The third kappa shape index (κ3) is 7.09. The molecule has 0 bridgehead atoms. The van der Waals surface area contributed by atoms with Gasteiger partial charge >= 0.3 is 6.09 Å². The van der Waals surface area contributed by atoms with E-state index in [1.54, 1.807) is 12.1 Å². The summed E-state index contributed by atoms with van der Waals surface area (Å²) in [6.45, 7) is 1.98. The first-order valence-corrected chi connectivity index (χ1v) is 19.6. The van der Waals surface area contributed by atoms with Gasteiger partial charge in [0, 0.05) is 29.8 Å². The van der Waals surface area contributed by atoms with E-state index < -0.39 is 68.6 Å². The number of nitrogens with zero attached hydrogens (tertiary/aromatic N) is 3. The van der Waals surface area contributed by atoms with Crippen molar-refractivity contribution in [3.8, 4) is 0 Å². The lowest BCUT2D eigenvalue weighted by Gasteiger charge is -2.29. The van der Waals surface area contributed by atoms with Crippen molar-refractivity contribution in [3.63, 3.8) is 0 Å². The summed E-state index contributed by atoms with van der Waals surface area (Å²) in [6, 6.07) is 2.83. The summed E-state index contributed by atoms with van der Waals surface area (Å²) >= 11 is 1.37. The first kappa shape index (κ1) is 34.4. The lowest BCUT2D eigenvalue weighted by atomic mass is 10.1. The Hall–Kier alpha value is -4.05. The number of sulfonamides is 1. The number of aryl methyl sites for hydroxylation is 1. The molecule has 3 aliphatic heterocycles. The highest BCUT2D eigenvalue weighted by Gasteiger charge is 2.62. The first-order valence-electron chi connectivity index (χ1n) is 17.2. The van der Waals surface area contributed by atoms with Crippen molar-refractivity contribution in [1.82, 2.24) is 24.8 Å². The molecule has 3 N–H and O–H groups in total. The van der Waals surface area contributed by atoms with Crippen LogP contribution in [-0.2, 0) is 42.2 Å². The fourth-order valence-electron chi connectivity index (χ4n) is 7.14. The average Bonchev–Trinajstić information content (AvgIpc) is 3.89. The quantitative estimate of drug-likeness (QED) is 0.378. The molecule has 2 saturated carbocycles. The van der Waals surface area contributed by atoms with Crippen LogP contribution in [0.15, 0.2) is 35.7 Å². The van der Waals surface area contributed by atoms with Crippen molar-refractivity contribution in [2.75, 3.05) is 11.9 Å². The number of carbonyl (C=O) groups is 4. The van der Waals surface area contributed by atoms with Crippen LogP contribution in [-0.4, -0.2) is 82.5 Å². The number of rotatable bonds is 6. The molecule has 0 radical (unpaired) electrons. The average molecular weight is 729 g/mol. The Morgan fingerprint density at radius 1 is 1.14 bits per heavy atom. The smallest absolute Gasteiger partial charge is 0.410 e. The lowest BCUT2D eigenvalue weighted by molar-refractivity contribution is -0.140. The van der Waals surface area contributed by atoms with Crippen LogP contribution < -0.4 is 15.4 Å². The molecule has 4 heterocycles. The van der Waals surface area contributed by atoms with Crippen molar-refractivity contribution in [1.29, 1.82) is 0 Å². The molecule has 7 rings (SSSR count). The maximum absolute atomic E-state index is 14.4. The molecule has 2 aromatic rings. The van der Waals surface area contributed by atoms with E-state index in [4.69, 9.17) is 4.74 Å². The summed E-state index contributed by atoms with van der Waals surface area (Å²) in [5, 5.41) is 7.91. The van der Waals surface area contributed by atoms with Gasteiger partial charge in [0.1, 0.15) is 29.5 Å². The highest BCUT2D eigenvalue weighted by molar-refractivity contribution is 7.91. The summed E-state index contributed by atoms with van der Waals surface area (Å²) in [6.07, 6.45) is 6.98. The molecule has 2 aliphatic carbocycles. The number of amides is 4. The summed E-state index contributed by atoms with van der Waals surface area (Å²) in [5.41, 5.74) is 0.405. The number of thiazole rings is 1. The fraction of sp³-hybridized carbons (Fsp3) is 0.559. The van der Waals surface area contributed by atoms with Gasteiger partial charge in [-0.25, -0.2) is 22.6 Å². The van der Waals surface area contributed by atoms with Gasteiger partial charge in [0.25, 0.3) is 5.91 Å². The normalized spacial score (nSPS) is 29.1. The zero-order valence-electron chi connectivity index (χ0n) is 27.7. The summed E-state index contributed by atoms with van der Waals surface area (Å²) in [5.74, 6) is -2.64. The van der Waals surface area contributed by atoms with Gasteiger partial charge in [-0.2, -0.15) is 0 Å². The standard InChI is InChI=1S/C34H41FN6O7S2/c1-20-19-49-32(36-20)37-27-11-6-4-2-3-5-9-22-15-34(22,31(44)39-50(46,47)24-12-13-24)38-29(42)28-14-23(17-41(28)30(27)43)48-33(45)40-16-21-8-7-10-26(35)25(21)18-40/h5,7-10,19,22-24,27-28H,2-4,6,11-18H2,1H3,(H,36,37)(H,38,42)(H,39,44)/b9-5-/t22-,23-,27+,28+,34-/m1/s1. The van der Waals surface area contributed by atoms with Gasteiger partial charge in [-0.1, -0.05) is 37.1 Å². The van der Waals surface area contributed by atoms with Crippen LogP contribution in [0.25, 0.3) is 0 Å². The largest absolute Gasteiger partial charge is 0.444 e. The Morgan fingerprint density at radius 2 is 1.96 bits per heavy atom. The first-order chi connectivity index (χ1) is 23.9. The number of carbonyl (C=O) groups excluding carboxylic acids is 4. The van der Waals surface area contributed by atoms with Crippen LogP contribution in [0, 0.1) is 18.7 Å². The Labute approximate surface area is 294 Å². The molecular formula is C34H41FN6O7S2. The fourth-order valence-corrected chi connectivity index (χ4v) is 9.25. The Morgan fingerprint density at radius 3 is 2.70 bits per heavy atom. The molecule has 4 amide bonds. The van der Waals surface area contributed by atoms with E-state index in [-0.39, 0.29) is 38.4 Å². The highest BCUT2D eigenvalue weighted by atomic mass is 32.2. The number of aromatic nitrogens is 1. The molecule has 3 fully saturated rings. The molecule has 50 heavy (non-hydrogen) atoms. The minimum absolute atomic E-state index is 0.0373. The molecule has 0 unspecified atom stereocenters. The van der Waals surface area contributed by atoms with Gasteiger partial charge < -0.3 is 20.3 Å². The van der Waals surface area contributed by atoms with Crippen LogP contribution in [0.3, 0.4) is 0 Å². The minimum Gasteiger partial charge on any atom is -0.444 e. The van der Waals surface area contributed by atoms with Crippen LogP contribution in [0.1, 0.15) is 74.6 Å². The number of nitrogens with one attached hydrogen (secondary N) is 3. The second-order valence-corrected chi connectivity index (χ2v) is 16.8. The number of hydrogen-bond acceptors (Lipinski definition) is 10. The van der Waals surface area contributed by atoms with Gasteiger partial charge in [-0.05, 0) is 57.1 Å². The van der Waals surface area contributed by atoms with E-state index in [0.717, 1.165) is 31.4 Å². The van der Waals surface area contributed by atoms with Gasteiger partial charge in [0.2, 0.25) is 21.8 Å². The second-order valence-electron chi connectivity index (χ2n) is 14.0. The highest BCUT2D eigenvalue weighted by Crippen LogP contribution is 2.46. The molecule has 0 spiro atoms. The molecule has 1 saturated heterocycles. The van der Waals surface area contributed by atoms with Crippen LogP contribution in [0.5, 0.6) is 0 Å². The second kappa shape index (κ2) is 13.6. The van der Waals surface area contributed by atoms with Crippen molar-refractivity contribution >= 4 is 50.3 Å². The number of fused-ring (bicyclic) bond motifs is 3. The minimum atomic E-state index is -3.88. The molecule has 5 aliphatic rings. The molecule has 268 valence electrons. The van der Waals surface area contributed by atoms with Crippen molar-refractivity contribution in [2.24, 2.45) is 5.92 Å². The topological polar surface area (TPSA) is 167 Å². The van der Waals surface area contributed by atoms with Crippen LogP contribution in [0.4, 0.5) is 14.3 Å². The Kier molecular flexibility index (Phi) is 9.35. The number of anilines is 1. The van der Waals surface area contributed by atoms with Gasteiger partial charge in [0.15, 0.2) is 5.13 Å². The maximum Gasteiger partial charge on any atom is 0.410 e. The predicted molar refractivity (Wildman–Crippen MR) is 182 cm³/mol. The summed E-state index contributed by atoms with van der Waals surface area (Å²) < 4.78 is 48.0. The van der Waals surface area contributed by atoms with E-state index >= 15 is 0 Å². The van der Waals surface area contributed by atoms with E-state index in [0.29, 0.717) is 35.5 Å². The van der Waals surface area contributed by atoms with Gasteiger partial charge in [-0.15, -0.1) is 11.3 Å². The SMILES string of the molecule is Cc1csc(N[C@H]2CCCCC/C=C\[C@@H]3C[C@@]3(C(=O)NS(=O)(=O)C3CC3)NC(=O)[C@@H]3C[C@@H](OC(=O)N4Cc5cccc(F)c5C4)CN3C2=O)n1. The van der Waals surface area contributed by atoms with E-state index in [9.17, 15) is 32.0 Å². The molecule has 5 atom stereocenters. The molecule has 1 aromatic heterocycles. The number of halogens is 1. The lowest BCUT2D eigenvalue weighted by Crippen LogP contribution is -2.57. The number of benzene rings is 1. The Balaban J connectivity index is 1.14. The zero-order chi connectivity index (χ0) is 35.2. The van der Waals surface area contributed by atoms with E-state index in [1.165, 1.54) is 27.2 Å². The third-order valence-corrected chi connectivity index (χ3v) is 12.9. The molecule has 1 aromatic carbocycles. The predicted octanol–water partition coefficient (Wildman–Crippen LogP) is 3.50. The Bertz CT molecular complexity index is 1830.